The predicted molar refractivity (Wildman–Crippen MR) is 104 cm³/mol. The number of benzene rings is 2. The van der Waals surface area contributed by atoms with Gasteiger partial charge in [0, 0.05) is 36.0 Å². The lowest BCUT2D eigenvalue weighted by Gasteiger charge is -2.17. The summed E-state index contributed by atoms with van der Waals surface area (Å²) in [6.07, 6.45) is 5.55. The number of carbonyl (C=O) groups excluding carboxylic acids is 1. The van der Waals surface area contributed by atoms with Crippen LogP contribution >= 0.6 is 0 Å². The number of carbonyl (C=O) groups is 1. The van der Waals surface area contributed by atoms with Gasteiger partial charge in [-0.05, 0) is 35.7 Å². The minimum absolute atomic E-state index is 0.0284. The van der Waals surface area contributed by atoms with Crippen LogP contribution in [-0.2, 0) is 4.79 Å². The smallest absolute Gasteiger partial charge is 0.220 e. The number of unbranched alkanes of at least 4 members (excludes halogenated alkanes) is 2. The highest BCUT2D eigenvalue weighted by atomic mass is 19.1. The topological polar surface area (TPSA) is 44.9 Å². The number of H-pyrrole nitrogens is 1. The molecule has 2 aromatic carbocycles. The number of fused-ring (bicyclic) bond motifs is 1. The second kappa shape index (κ2) is 8.65. The molecule has 0 radical (unpaired) electrons. The van der Waals surface area contributed by atoms with Gasteiger partial charge < -0.3 is 10.3 Å². The monoisotopic (exact) mass is 352 g/mol. The van der Waals surface area contributed by atoms with Crippen LogP contribution in [0.25, 0.3) is 10.9 Å². The average molecular weight is 352 g/mol. The van der Waals surface area contributed by atoms with Crippen molar-refractivity contribution in [3.05, 3.63) is 71.7 Å². The molecule has 0 saturated carbocycles. The fourth-order valence-corrected chi connectivity index (χ4v) is 3.35. The van der Waals surface area contributed by atoms with E-state index in [-0.39, 0.29) is 17.6 Å². The van der Waals surface area contributed by atoms with Gasteiger partial charge in [-0.2, -0.15) is 0 Å². The van der Waals surface area contributed by atoms with Gasteiger partial charge in [-0.25, -0.2) is 4.39 Å². The number of para-hydroxylation sites is 1. The number of amides is 1. The molecule has 3 nitrogen and oxygen atoms in total. The van der Waals surface area contributed by atoms with Crippen molar-refractivity contribution < 1.29 is 9.18 Å². The van der Waals surface area contributed by atoms with E-state index in [0.717, 1.165) is 41.3 Å². The molecule has 0 aliphatic carbocycles. The van der Waals surface area contributed by atoms with E-state index in [1.165, 1.54) is 12.1 Å². The number of hydrogen-bond acceptors (Lipinski definition) is 1. The molecule has 2 N–H and O–H groups in total. The van der Waals surface area contributed by atoms with Crippen molar-refractivity contribution >= 4 is 16.8 Å². The summed E-state index contributed by atoms with van der Waals surface area (Å²) in [7, 11) is 0. The molecule has 0 fully saturated rings. The summed E-state index contributed by atoms with van der Waals surface area (Å²) in [5, 5.41) is 4.11. The van der Waals surface area contributed by atoms with Gasteiger partial charge in [0.15, 0.2) is 0 Å². The van der Waals surface area contributed by atoms with E-state index in [2.05, 4.69) is 23.3 Å². The van der Waals surface area contributed by atoms with Crippen LogP contribution < -0.4 is 5.32 Å². The van der Waals surface area contributed by atoms with Crippen LogP contribution in [0, 0.1) is 5.82 Å². The molecule has 136 valence electrons. The summed E-state index contributed by atoms with van der Waals surface area (Å²) in [5.74, 6) is -0.353. The average Bonchev–Trinajstić information content (AvgIpc) is 3.08. The van der Waals surface area contributed by atoms with Gasteiger partial charge in [-0.3, -0.25) is 4.79 Å². The third-order valence-electron chi connectivity index (χ3n) is 4.76. The third kappa shape index (κ3) is 4.31. The summed E-state index contributed by atoms with van der Waals surface area (Å²) < 4.78 is 13.4. The van der Waals surface area contributed by atoms with Gasteiger partial charge >= 0.3 is 0 Å². The molecule has 1 aromatic heterocycles. The molecular weight excluding hydrogens is 327 g/mol. The zero-order valence-electron chi connectivity index (χ0n) is 15.1. The fraction of sp³-hybridized carbons (Fsp3) is 0.318. The molecule has 0 bridgehead atoms. The number of halogens is 1. The Hall–Kier alpha value is -2.62. The molecule has 1 amide bonds. The lowest BCUT2D eigenvalue weighted by Crippen LogP contribution is -2.26. The summed E-state index contributed by atoms with van der Waals surface area (Å²) in [6, 6.07) is 14.5. The molecule has 3 aromatic rings. The normalized spacial score (nSPS) is 12.2. The van der Waals surface area contributed by atoms with Gasteiger partial charge in [-0.1, -0.05) is 50.1 Å². The van der Waals surface area contributed by atoms with E-state index < -0.39 is 0 Å². The van der Waals surface area contributed by atoms with E-state index in [4.69, 9.17) is 0 Å². The van der Waals surface area contributed by atoms with Crippen LogP contribution in [0.3, 0.4) is 0 Å². The molecule has 0 aliphatic rings. The number of aromatic amines is 1. The molecule has 1 heterocycles. The first-order chi connectivity index (χ1) is 12.7. The first kappa shape index (κ1) is 18.2. The molecule has 1 atom stereocenters. The van der Waals surface area contributed by atoms with Crippen molar-refractivity contribution in [3.8, 4) is 0 Å². The number of rotatable bonds is 8. The highest BCUT2D eigenvalue weighted by molar-refractivity contribution is 5.86. The minimum Gasteiger partial charge on any atom is -0.361 e. The molecule has 26 heavy (non-hydrogen) atoms. The second-order valence-electron chi connectivity index (χ2n) is 6.65. The van der Waals surface area contributed by atoms with Crippen molar-refractivity contribution in [3.63, 3.8) is 0 Å². The lowest BCUT2D eigenvalue weighted by atomic mass is 9.88. The molecule has 0 aliphatic heterocycles. The summed E-state index contributed by atoms with van der Waals surface area (Å²) in [5.41, 5.74) is 3.05. The highest BCUT2D eigenvalue weighted by Crippen LogP contribution is 2.33. The van der Waals surface area contributed by atoms with Crippen LogP contribution in [0.2, 0.25) is 0 Å². The van der Waals surface area contributed by atoms with Crippen LogP contribution in [-0.4, -0.2) is 17.4 Å². The first-order valence-corrected chi connectivity index (χ1v) is 9.27. The predicted octanol–water partition coefficient (Wildman–Crippen LogP) is 5.14. The van der Waals surface area contributed by atoms with E-state index in [0.29, 0.717) is 13.0 Å². The molecule has 0 saturated heterocycles. The minimum atomic E-state index is -0.268. The van der Waals surface area contributed by atoms with Gasteiger partial charge in [-0.15, -0.1) is 0 Å². The summed E-state index contributed by atoms with van der Waals surface area (Å²) >= 11 is 0. The zero-order valence-corrected chi connectivity index (χ0v) is 15.1. The fourth-order valence-electron chi connectivity index (χ4n) is 3.35. The Balaban J connectivity index is 1.85. The zero-order chi connectivity index (χ0) is 18.4. The van der Waals surface area contributed by atoms with Gasteiger partial charge in [0.25, 0.3) is 0 Å². The SMILES string of the molecule is CCCCCNC(=O)CC(c1ccc(F)cc1)c1c[nH]c2ccccc12. The second-order valence-corrected chi connectivity index (χ2v) is 6.65. The molecule has 0 spiro atoms. The van der Waals surface area contributed by atoms with E-state index >= 15 is 0 Å². The molecule has 3 rings (SSSR count). The Labute approximate surface area is 153 Å². The Morgan fingerprint density at radius 2 is 1.88 bits per heavy atom. The van der Waals surface area contributed by atoms with Gasteiger partial charge in [0.05, 0.1) is 0 Å². The maximum Gasteiger partial charge on any atom is 0.220 e. The Morgan fingerprint density at radius 1 is 1.12 bits per heavy atom. The quantitative estimate of drug-likeness (QED) is 0.542. The third-order valence-corrected chi connectivity index (χ3v) is 4.76. The standard InChI is InChI=1S/C22H25FN2O/c1-2-3-6-13-24-22(26)14-19(16-9-11-17(23)12-10-16)20-15-25-21-8-5-4-7-18(20)21/h4-5,7-12,15,19,25H,2-3,6,13-14H2,1H3,(H,24,26). The number of nitrogens with one attached hydrogen (secondary N) is 2. The Morgan fingerprint density at radius 3 is 2.65 bits per heavy atom. The van der Waals surface area contributed by atoms with Crippen molar-refractivity contribution in [1.82, 2.24) is 10.3 Å². The van der Waals surface area contributed by atoms with Crippen molar-refractivity contribution in [2.75, 3.05) is 6.54 Å². The molecule has 4 heteroatoms. The maximum absolute atomic E-state index is 13.4. The highest BCUT2D eigenvalue weighted by Gasteiger charge is 2.21. The van der Waals surface area contributed by atoms with Crippen molar-refractivity contribution in [2.45, 2.75) is 38.5 Å². The number of aromatic nitrogens is 1. The molecule has 1 unspecified atom stereocenters. The van der Waals surface area contributed by atoms with Gasteiger partial charge in [0.1, 0.15) is 5.82 Å². The van der Waals surface area contributed by atoms with E-state index in [1.807, 2.05) is 24.4 Å². The van der Waals surface area contributed by atoms with E-state index in [1.54, 1.807) is 12.1 Å². The number of hydrogen-bond donors (Lipinski definition) is 2. The van der Waals surface area contributed by atoms with Gasteiger partial charge in [0.2, 0.25) is 5.91 Å². The Bertz CT molecular complexity index is 854. The molecular formula is C22H25FN2O. The van der Waals surface area contributed by atoms with Crippen LogP contribution in [0.15, 0.2) is 54.7 Å². The van der Waals surface area contributed by atoms with Crippen LogP contribution in [0.1, 0.15) is 49.7 Å². The van der Waals surface area contributed by atoms with Crippen molar-refractivity contribution in [1.29, 1.82) is 0 Å². The van der Waals surface area contributed by atoms with Crippen LogP contribution in [0.5, 0.6) is 0 Å². The van der Waals surface area contributed by atoms with Crippen molar-refractivity contribution in [2.24, 2.45) is 0 Å². The maximum atomic E-state index is 13.4. The Kier molecular flexibility index (Phi) is 6.05. The van der Waals surface area contributed by atoms with Crippen LogP contribution in [0.4, 0.5) is 4.39 Å². The summed E-state index contributed by atoms with van der Waals surface area (Å²) in [6.45, 7) is 2.85. The largest absolute Gasteiger partial charge is 0.361 e. The van der Waals surface area contributed by atoms with E-state index in [9.17, 15) is 9.18 Å². The first-order valence-electron chi connectivity index (χ1n) is 9.27. The lowest BCUT2D eigenvalue weighted by molar-refractivity contribution is -0.121. The summed E-state index contributed by atoms with van der Waals surface area (Å²) in [4.78, 5) is 15.8.